The smallest absolute Gasteiger partial charge is 0.418 e. The van der Waals surface area contributed by atoms with Crippen molar-refractivity contribution < 1.29 is 22.7 Å². The number of carbonyl (C=O) groups excluding carboxylic acids is 1. The lowest BCUT2D eigenvalue weighted by atomic mass is 9.92. The van der Waals surface area contributed by atoms with Crippen LogP contribution in [0.25, 0.3) is 11.1 Å². The Morgan fingerprint density at radius 3 is 2.35 bits per heavy atom. The highest BCUT2D eigenvalue weighted by Crippen LogP contribution is 2.39. The largest absolute Gasteiger partial charge is 0.462 e. The van der Waals surface area contributed by atoms with E-state index in [1.54, 1.807) is 36.4 Å². The Bertz CT molecular complexity index is 762. The highest BCUT2D eigenvalue weighted by Gasteiger charge is 2.39. The lowest BCUT2D eigenvalue weighted by Gasteiger charge is -2.16. The van der Waals surface area contributed by atoms with Gasteiger partial charge in [-0.1, -0.05) is 36.4 Å². The monoisotopic (exact) mass is 319 g/mol. The number of halogens is 3. The minimum Gasteiger partial charge on any atom is -0.462 e. The average Bonchev–Trinajstić information content (AvgIpc) is 2.53. The van der Waals surface area contributed by atoms with Crippen LogP contribution >= 0.6 is 0 Å². The molecule has 0 saturated carbocycles. The fourth-order valence-electron chi connectivity index (χ4n) is 2.25. The van der Waals surface area contributed by atoms with E-state index in [0.29, 0.717) is 5.56 Å². The van der Waals surface area contributed by atoms with Crippen molar-refractivity contribution in [3.63, 3.8) is 0 Å². The number of nitriles is 1. The van der Waals surface area contributed by atoms with Crippen molar-refractivity contribution in [3.8, 4) is 17.2 Å². The molecule has 0 amide bonds. The van der Waals surface area contributed by atoms with Gasteiger partial charge in [-0.25, -0.2) is 4.79 Å². The number of ether oxygens (including phenoxy) is 1. The van der Waals surface area contributed by atoms with E-state index >= 15 is 0 Å². The third-order valence-electron chi connectivity index (χ3n) is 3.18. The summed E-state index contributed by atoms with van der Waals surface area (Å²) >= 11 is 0. The predicted molar refractivity (Wildman–Crippen MR) is 77.6 cm³/mol. The zero-order valence-corrected chi connectivity index (χ0v) is 12.1. The van der Waals surface area contributed by atoms with E-state index in [-0.39, 0.29) is 12.2 Å². The standard InChI is InChI=1S/C17H12F3NO2/c1-2-23-16(22)13-9-8-12(11-6-4-3-5-7-11)14(10-21)15(13)17(18,19)20/h3-9H,2H2,1H3. The first-order chi connectivity index (χ1) is 10.9. The Hall–Kier alpha value is -2.81. The van der Waals surface area contributed by atoms with Gasteiger partial charge in [0, 0.05) is 5.56 Å². The van der Waals surface area contributed by atoms with Crippen LogP contribution in [0.4, 0.5) is 13.2 Å². The van der Waals surface area contributed by atoms with Crippen LogP contribution in [0.2, 0.25) is 0 Å². The van der Waals surface area contributed by atoms with Gasteiger partial charge in [-0.15, -0.1) is 0 Å². The van der Waals surface area contributed by atoms with Crippen LogP contribution in [0.1, 0.15) is 28.4 Å². The fraction of sp³-hybridized carbons (Fsp3) is 0.176. The molecule has 0 unspecified atom stereocenters. The van der Waals surface area contributed by atoms with E-state index in [9.17, 15) is 23.2 Å². The summed E-state index contributed by atoms with van der Waals surface area (Å²) in [5, 5.41) is 9.26. The van der Waals surface area contributed by atoms with E-state index in [0.717, 1.165) is 6.07 Å². The number of carbonyl (C=O) groups is 1. The number of esters is 1. The van der Waals surface area contributed by atoms with Crippen LogP contribution in [0.3, 0.4) is 0 Å². The van der Waals surface area contributed by atoms with Gasteiger partial charge in [-0.05, 0) is 18.6 Å². The summed E-state index contributed by atoms with van der Waals surface area (Å²) in [6.45, 7) is 1.44. The molecule has 0 saturated heterocycles. The maximum absolute atomic E-state index is 13.4. The topological polar surface area (TPSA) is 50.1 Å². The number of benzene rings is 2. The van der Waals surface area contributed by atoms with Crippen LogP contribution in [0.15, 0.2) is 42.5 Å². The van der Waals surface area contributed by atoms with Gasteiger partial charge in [0.1, 0.15) is 6.07 Å². The van der Waals surface area contributed by atoms with E-state index in [1.165, 1.54) is 13.0 Å². The van der Waals surface area contributed by atoms with E-state index in [2.05, 4.69) is 4.74 Å². The van der Waals surface area contributed by atoms with Crippen molar-refractivity contribution in [2.24, 2.45) is 0 Å². The number of hydrogen-bond donors (Lipinski definition) is 0. The molecule has 118 valence electrons. The Labute approximate surface area is 130 Å². The summed E-state index contributed by atoms with van der Waals surface area (Å²) in [7, 11) is 0. The van der Waals surface area contributed by atoms with Crippen molar-refractivity contribution in [3.05, 3.63) is 59.2 Å². The summed E-state index contributed by atoms with van der Waals surface area (Å²) in [5.74, 6) is -1.10. The molecule has 0 spiro atoms. The van der Waals surface area contributed by atoms with Gasteiger partial charge in [0.15, 0.2) is 0 Å². The molecule has 0 N–H and O–H groups in total. The zero-order valence-electron chi connectivity index (χ0n) is 12.1. The molecule has 3 nitrogen and oxygen atoms in total. The predicted octanol–water partition coefficient (Wildman–Crippen LogP) is 4.42. The molecule has 0 radical (unpaired) electrons. The second-order valence-electron chi connectivity index (χ2n) is 4.61. The Balaban J connectivity index is 2.76. The first-order valence-corrected chi connectivity index (χ1v) is 6.77. The third kappa shape index (κ3) is 3.34. The molecule has 0 bridgehead atoms. The number of hydrogen-bond acceptors (Lipinski definition) is 3. The summed E-state index contributed by atoms with van der Waals surface area (Å²) in [6, 6.07) is 12.2. The lowest BCUT2D eigenvalue weighted by Crippen LogP contribution is -2.17. The Morgan fingerprint density at radius 2 is 1.83 bits per heavy atom. The SMILES string of the molecule is CCOC(=O)c1ccc(-c2ccccc2)c(C#N)c1C(F)(F)F. The van der Waals surface area contributed by atoms with Crippen LogP contribution in [0, 0.1) is 11.3 Å². The summed E-state index contributed by atoms with van der Waals surface area (Å²) < 4.78 is 45.0. The molecule has 2 rings (SSSR count). The molecule has 0 aliphatic heterocycles. The first-order valence-electron chi connectivity index (χ1n) is 6.77. The summed E-state index contributed by atoms with van der Waals surface area (Å²) in [5.41, 5.74) is -1.93. The molecule has 2 aromatic carbocycles. The van der Waals surface area contributed by atoms with Crippen molar-refractivity contribution >= 4 is 5.97 Å². The van der Waals surface area contributed by atoms with Gasteiger partial charge in [0.25, 0.3) is 0 Å². The fourth-order valence-corrected chi connectivity index (χ4v) is 2.25. The quantitative estimate of drug-likeness (QED) is 0.787. The average molecular weight is 319 g/mol. The second-order valence-corrected chi connectivity index (χ2v) is 4.61. The second kappa shape index (κ2) is 6.53. The third-order valence-corrected chi connectivity index (χ3v) is 3.18. The van der Waals surface area contributed by atoms with Gasteiger partial charge in [0.05, 0.1) is 23.3 Å². The van der Waals surface area contributed by atoms with Gasteiger partial charge >= 0.3 is 12.1 Å². The van der Waals surface area contributed by atoms with Crippen LogP contribution in [-0.2, 0) is 10.9 Å². The van der Waals surface area contributed by atoms with Crippen LogP contribution in [0.5, 0.6) is 0 Å². The minimum absolute atomic E-state index is 0.0571. The number of rotatable bonds is 3. The van der Waals surface area contributed by atoms with Gasteiger partial charge < -0.3 is 4.74 Å². The maximum Gasteiger partial charge on any atom is 0.418 e. The van der Waals surface area contributed by atoms with E-state index < -0.39 is 28.8 Å². The molecule has 6 heteroatoms. The highest BCUT2D eigenvalue weighted by molar-refractivity contribution is 5.94. The Morgan fingerprint density at radius 1 is 1.17 bits per heavy atom. The zero-order chi connectivity index (χ0) is 17.0. The van der Waals surface area contributed by atoms with Crippen LogP contribution in [-0.4, -0.2) is 12.6 Å². The number of nitrogens with zero attached hydrogens (tertiary/aromatic N) is 1. The maximum atomic E-state index is 13.4. The van der Waals surface area contributed by atoms with Gasteiger partial charge in [-0.3, -0.25) is 0 Å². The molecule has 0 aliphatic rings. The molecule has 0 aliphatic carbocycles. The van der Waals surface area contributed by atoms with Gasteiger partial charge in [0.2, 0.25) is 0 Å². The molecular weight excluding hydrogens is 307 g/mol. The molecule has 23 heavy (non-hydrogen) atoms. The number of alkyl halides is 3. The van der Waals surface area contributed by atoms with Crippen molar-refractivity contribution in [2.75, 3.05) is 6.61 Å². The van der Waals surface area contributed by atoms with Crippen LogP contribution < -0.4 is 0 Å². The van der Waals surface area contributed by atoms with Crippen molar-refractivity contribution in [1.82, 2.24) is 0 Å². The summed E-state index contributed by atoms with van der Waals surface area (Å²) in [6.07, 6.45) is -4.85. The lowest BCUT2D eigenvalue weighted by molar-refractivity contribution is -0.138. The first kappa shape index (κ1) is 16.6. The van der Waals surface area contributed by atoms with Crippen molar-refractivity contribution in [2.45, 2.75) is 13.1 Å². The minimum atomic E-state index is -4.85. The normalized spacial score (nSPS) is 10.9. The van der Waals surface area contributed by atoms with Crippen molar-refractivity contribution in [1.29, 1.82) is 5.26 Å². The molecule has 0 aromatic heterocycles. The molecule has 0 fully saturated rings. The van der Waals surface area contributed by atoms with E-state index in [4.69, 9.17) is 0 Å². The highest BCUT2D eigenvalue weighted by atomic mass is 19.4. The van der Waals surface area contributed by atoms with Gasteiger partial charge in [-0.2, -0.15) is 18.4 Å². The Kier molecular flexibility index (Phi) is 4.70. The molecular formula is C17H12F3NO2. The van der Waals surface area contributed by atoms with E-state index in [1.807, 2.05) is 0 Å². The molecule has 2 aromatic rings. The molecule has 0 heterocycles. The molecule has 0 atom stereocenters. The summed E-state index contributed by atoms with van der Waals surface area (Å²) in [4.78, 5) is 11.8.